The molecule has 0 saturated carbocycles. The van der Waals surface area contributed by atoms with Crippen molar-refractivity contribution in [3.63, 3.8) is 0 Å². The number of nitrogens with one attached hydrogen (secondary N) is 1. The molecule has 1 saturated heterocycles. The molecule has 1 amide bonds. The Hall–Kier alpha value is -1.86. The highest BCUT2D eigenvalue weighted by Crippen LogP contribution is 2.16. The summed E-state index contributed by atoms with van der Waals surface area (Å²) >= 11 is 0. The van der Waals surface area contributed by atoms with E-state index in [1.807, 2.05) is 0 Å². The van der Waals surface area contributed by atoms with Gasteiger partial charge in [-0.15, -0.1) is 0 Å². The maximum absolute atomic E-state index is 11.9. The van der Waals surface area contributed by atoms with Crippen molar-refractivity contribution in [3.8, 4) is 6.07 Å². The Morgan fingerprint density at radius 2 is 2.15 bits per heavy atom. The van der Waals surface area contributed by atoms with E-state index in [9.17, 15) is 4.79 Å². The largest absolute Gasteiger partial charge is 0.326 e. The van der Waals surface area contributed by atoms with E-state index in [0.29, 0.717) is 18.0 Å². The molecule has 1 fully saturated rings. The van der Waals surface area contributed by atoms with E-state index in [-0.39, 0.29) is 5.91 Å². The standard InChI is InChI=1S/C16H21N3O/c1-13-4-2-3-10-19(13)11-9-16(20)18-15-7-5-14(12-17)6-8-15/h5-8,13H,2-4,9-11H2,1H3,(H,18,20). The number of hydrogen-bond acceptors (Lipinski definition) is 3. The molecule has 4 heteroatoms. The quantitative estimate of drug-likeness (QED) is 0.916. The molecule has 20 heavy (non-hydrogen) atoms. The second-order valence-electron chi connectivity index (χ2n) is 5.37. The van der Waals surface area contributed by atoms with Gasteiger partial charge in [-0.3, -0.25) is 4.79 Å². The van der Waals surface area contributed by atoms with Crippen LogP contribution in [-0.2, 0) is 4.79 Å². The molecule has 1 aliphatic rings. The summed E-state index contributed by atoms with van der Waals surface area (Å²) in [5, 5.41) is 11.6. The molecule has 1 unspecified atom stereocenters. The highest BCUT2D eigenvalue weighted by atomic mass is 16.1. The van der Waals surface area contributed by atoms with Crippen molar-refractivity contribution in [1.82, 2.24) is 4.90 Å². The lowest BCUT2D eigenvalue weighted by atomic mass is 10.0. The summed E-state index contributed by atoms with van der Waals surface area (Å²) in [5.74, 6) is 0.0347. The molecule has 0 aliphatic carbocycles. The van der Waals surface area contributed by atoms with Crippen LogP contribution in [0.2, 0.25) is 0 Å². The molecule has 106 valence electrons. The summed E-state index contributed by atoms with van der Waals surface area (Å²) in [6.07, 6.45) is 4.29. The number of rotatable bonds is 4. The van der Waals surface area contributed by atoms with Gasteiger partial charge in [0.2, 0.25) is 5.91 Å². The second kappa shape index (κ2) is 7.06. The van der Waals surface area contributed by atoms with E-state index in [0.717, 1.165) is 18.8 Å². The lowest BCUT2D eigenvalue weighted by molar-refractivity contribution is -0.116. The maximum Gasteiger partial charge on any atom is 0.225 e. The first-order valence-corrected chi connectivity index (χ1v) is 7.23. The monoisotopic (exact) mass is 271 g/mol. The molecular weight excluding hydrogens is 250 g/mol. The molecule has 0 spiro atoms. The zero-order valence-electron chi connectivity index (χ0n) is 11.9. The van der Waals surface area contributed by atoms with Gasteiger partial charge in [-0.2, -0.15) is 5.26 Å². The Balaban J connectivity index is 1.78. The van der Waals surface area contributed by atoms with Gasteiger partial charge in [-0.05, 0) is 50.6 Å². The number of carbonyl (C=O) groups is 1. The molecule has 0 aromatic heterocycles. The fourth-order valence-electron chi connectivity index (χ4n) is 2.59. The zero-order chi connectivity index (χ0) is 14.4. The molecule has 0 bridgehead atoms. The van der Waals surface area contributed by atoms with Gasteiger partial charge in [0.25, 0.3) is 0 Å². The Labute approximate surface area is 120 Å². The van der Waals surface area contributed by atoms with Crippen molar-refractivity contribution >= 4 is 11.6 Å². The molecule has 1 aromatic carbocycles. The van der Waals surface area contributed by atoms with Crippen molar-refractivity contribution < 1.29 is 4.79 Å². The number of amides is 1. The lowest BCUT2D eigenvalue weighted by Crippen LogP contribution is -2.39. The summed E-state index contributed by atoms with van der Waals surface area (Å²) in [6.45, 7) is 4.16. The predicted octanol–water partition coefficient (Wildman–Crippen LogP) is 2.76. The smallest absolute Gasteiger partial charge is 0.225 e. The summed E-state index contributed by atoms with van der Waals surface area (Å²) in [6, 6.07) is 9.60. The van der Waals surface area contributed by atoms with Gasteiger partial charge in [0.15, 0.2) is 0 Å². The zero-order valence-corrected chi connectivity index (χ0v) is 11.9. The molecule has 1 aliphatic heterocycles. The van der Waals surface area contributed by atoms with Crippen LogP contribution in [0.5, 0.6) is 0 Å². The van der Waals surface area contributed by atoms with Crippen LogP contribution < -0.4 is 5.32 Å². The van der Waals surface area contributed by atoms with Crippen molar-refractivity contribution in [1.29, 1.82) is 5.26 Å². The fraction of sp³-hybridized carbons (Fsp3) is 0.500. The molecule has 2 rings (SSSR count). The van der Waals surface area contributed by atoms with Gasteiger partial charge < -0.3 is 10.2 Å². The Kier molecular flexibility index (Phi) is 5.14. The Morgan fingerprint density at radius 1 is 1.40 bits per heavy atom. The minimum atomic E-state index is 0.0347. The number of nitrogens with zero attached hydrogens (tertiary/aromatic N) is 2. The molecule has 1 N–H and O–H groups in total. The summed E-state index contributed by atoms with van der Waals surface area (Å²) < 4.78 is 0. The van der Waals surface area contributed by atoms with E-state index < -0.39 is 0 Å². The summed E-state index contributed by atoms with van der Waals surface area (Å²) in [5.41, 5.74) is 1.35. The normalized spacial score (nSPS) is 19.3. The lowest BCUT2D eigenvalue weighted by Gasteiger charge is -2.33. The van der Waals surface area contributed by atoms with Gasteiger partial charge >= 0.3 is 0 Å². The van der Waals surface area contributed by atoms with Crippen molar-refractivity contribution in [2.45, 2.75) is 38.6 Å². The van der Waals surface area contributed by atoms with Gasteiger partial charge in [0, 0.05) is 24.7 Å². The average molecular weight is 271 g/mol. The third-order valence-corrected chi connectivity index (χ3v) is 3.86. The molecule has 0 radical (unpaired) electrons. The number of hydrogen-bond donors (Lipinski definition) is 1. The fourth-order valence-corrected chi connectivity index (χ4v) is 2.59. The van der Waals surface area contributed by atoms with E-state index in [1.54, 1.807) is 24.3 Å². The molecule has 4 nitrogen and oxygen atoms in total. The van der Waals surface area contributed by atoms with Crippen molar-refractivity contribution in [2.75, 3.05) is 18.4 Å². The van der Waals surface area contributed by atoms with Crippen LogP contribution in [0.3, 0.4) is 0 Å². The third kappa shape index (κ3) is 4.07. The summed E-state index contributed by atoms with van der Waals surface area (Å²) in [4.78, 5) is 14.3. The van der Waals surface area contributed by atoms with Gasteiger partial charge in [0.1, 0.15) is 0 Å². The third-order valence-electron chi connectivity index (χ3n) is 3.86. The first kappa shape index (κ1) is 14.5. The van der Waals surface area contributed by atoms with E-state index >= 15 is 0 Å². The first-order valence-electron chi connectivity index (χ1n) is 7.23. The van der Waals surface area contributed by atoms with Crippen LogP contribution in [0, 0.1) is 11.3 Å². The Bertz CT molecular complexity index is 489. The number of likely N-dealkylation sites (tertiary alicyclic amines) is 1. The summed E-state index contributed by atoms with van der Waals surface area (Å²) in [7, 11) is 0. The van der Waals surface area contributed by atoms with Crippen LogP contribution in [0.25, 0.3) is 0 Å². The van der Waals surface area contributed by atoms with Crippen molar-refractivity contribution in [2.24, 2.45) is 0 Å². The van der Waals surface area contributed by atoms with Gasteiger partial charge in [-0.25, -0.2) is 0 Å². The minimum Gasteiger partial charge on any atom is -0.326 e. The number of piperidine rings is 1. The number of benzene rings is 1. The highest BCUT2D eigenvalue weighted by molar-refractivity contribution is 5.90. The topological polar surface area (TPSA) is 56.1 Å². The highest BCUT2D eigenvalue weighted by Gasteiger charge is 2.18. The minimum absolute atomic E-state index is 0.0347. The predicted molar refractivity (Wildman–Crippen MR) is 79.3 cm³/mol. The van der Waals surface area contributed by atoms with Gasteiger partial charge in [-0.1, -0.05) is 6.42 Å². The second-order valence-corrected chi connectivity index (χ2v) is 5.37. The van der Waals surface area contributed by atoms with E-state index in [2.05, 4.69) is 23.2 Å². The molecule has 1 atom stereocenters. The SMILES string of the molecule is CC1CCCCN1CCC(=O)Nc1ccc(C#N)cc1. The maximum atomic E-state index is 11.9. The van der Waals surface area contributed by atoms with Crippen LogP contribution in [-0.4, -0.2) is 29.9 Å². The molecule has 1 aromatic rings. The number of anilines is 1. The molecule has 1 heterocycles. The van der Waals surface area contributed by atoms with E-state index in [4.69, 9.17) is 5.26 Å². The van der Waals surface area contributed by atoms with Crippen LogP contribution in [0.1, 0.15) is 38.2 Å². The van der Waals surface area contributed by atoms with Crippen LogP contribution in [0.15, 0.2) is 24.3 Å². The number of nitriles is 1. The van der Waals surface area contributed by atoms with Crippen LogP contribution in [0.4, 0.5) is 5.69 Å². The number of carbonyl (C=O) groups excluding carboxylic acids is 1. The van der Waals surface area contributed by atoms with E-state index in [1.165, 1.54) is 19.3 Å². The first-order chi connectivity index (χ1) is 9.69. The van der Waals surface area contributed by atoms with Crippen LogP contribution >= 0.6 is 0 Å². The average Bonchev–Trinajstić information content (AvgIpc) is 2.47. The van der Waals surface area contributed by atoms with Crippen molar-refractivity contribution in [3.05, 3.63) is 29.8 Å². The van der Waals surface area contributed by atoms with Gasteiger partial charge in [0.05, 0.1) is 11.6 Å². The molecular formula is C16H21N3O. The Morgan fingerprint density at radius 3 is 2.80 bits per heavy atom.